The molecule has 0 aromatic heterocycles. The molecule has 104 valence electrons. The Morgan fingerprint density at radius 2 is 2.20 bits per heavy atom. The minimum absolute atomic E-state index is 0.0327. The Morgan fingerprint density at radius 1 is 1.55 bits per heavy atom. The van der Waals surface area contributed by atoms with Crippen molar-refractivity contribution in [1.29, 1.82) is 5.26 Å². The van der Waals surface area contributed by atoms with E-state index in [4.69, 9.17) is 10.1 Å². The van der Waals surface area contributed by atoms with Crippen molar-refractivity contribution in [3.8, 4) is 6.07 Å². The van der Waals surface area contributed by atoms with Crippen LogP contribution in [0.25, 0.3) is 0 Å². The van der Waals surface area contributed by atoms with Gasteiger partial charge in [0.05, 0.1) is 17.3 Å². The van der Waals surface area contributed by atoms with E-state index in [0.29, 0.717) is 0 Å². The molecule has 0 fully saturated rings. The number of oxime groups is 1. The number of amides is 1. The lowest BCUT2D eigenvalue weighted by atomic mass is 10.0. The molecule has 0 spiro atoms. The van der Waals surface area contributed by atoms with Crippen molar-refractivity contribution in [2.75, 3.05) is 0 Å². The first kappa shape index (κ1) is 13.9. The zero-order chi connectivity index (χ0) is 14.7. The number of halogens is 2. The molecule has 2 atom stereocenters. The number of carbonyl (C=O) groups is 1. The summed E-state index contributed by atoms with van der Waals surface area (Å²) in [6.45, 7) is 1.51. The van der Waals surface area contributed by atoms with Gasteiger partial charge in [-0.2, -0.15) is 5.26 Å². The Balaban J connectivity index is 2.09. The molecule has 1 amide bonds. The fraction of sp³-hybridized carbons (Fsp3) is 0.308. The summed E-state index contributed by atoms with van der Waals surface area (Å²) < 4.78 is 27.2. The first-order chi connectivity index (χ1) is 9.52. The molecule has 20 heavy (non-hydrogen) atoms. The van der Waals surface area contributed by atoms with Gasteiger partial charge >= 0.3 is 0 Å². The Labute approximate surface area is 113 Å². The predicted molar refractivity (Wildman–Crippen MR) is 65.6 cm³/mol. The van der Waals surface area contributed by atoms with Crippen molar-refractivity contribution in [2.24, 2.45) is 5.16 Å². The maximum atomic E-state index is 13.6. The van der Waals surface area contributed by atoms with Gasteiger partial charge in [0.15, 0.2) is 0 Å². The second kappa shape index (κ2) is 5.65. The molecule has 1 N–H and O–H groups in total. The molecular formula is C13H11F2N3O2. The molecule has 7 heteroatoms. The van der Waals surface area contributed by atoms with Gasteiger partial charge in [-0.05, 0) is 19.1 Å². The van der Waals surface area contributed by atoms with Crippen molar-refractivity contribution in [1.82, 2.24) is 5.32 Å². The SMILES string of the molecule is C[C@@H](C#N)NC(=O)[C@@H]1CC(c2c(F)cccc2F)=NO1. The fourth-order valence-corrected chi connectivity index (χ4v) is 1.78. The Kier molecular flexibility index (Phi) is 3.94. The summed E-state index contributed by atoms with van der Waals surface area (Å²) in [7, 11) is 0. The van der Waals surface area contributed by atoms with Gasteiger partial charge in [0.2, 0.25) is 6.10 Å². The minimum Gasteiger partial charge on any atom is -0.382 e. The fourth-order valence-electron chi connectivity index (χ4n) is 1.78. The zero-order valence-electron chi connectivity index (χ0n) is 10.6. The van der Waals surface area contributed by atoms with Crippen LogP contribution in [0.4, 0.5) is 8.78 Å². The topological polar surface area (TPSA) is 74.5 Å². The van der Waals surface area contributed by atoms with E-state index in [-0.39, 0.29) is 17.7 Å². The number of nitrogens with zero attached hydrogens (tertiary/aromatic N) is 2. The summed E-state index contributed by atoms with van der Waals surface area (Å²) in [5, 5.41) is 14.5. The van der Waals surface area contributed by atoms with Gasteiger partial charge in [-0.1, -0.05) is 11.2 Å². The lowest BCUT2D eigenvalue weighted by Crippen LogP contribution is -2.39. The molecule has 0 saturated carbocycles. The van der Waals surface area contributed by atoms with Crippen LogP contribution in [0.5, 0.6) is 0 Å². The molecule has 5 nitrogen and oxygen atoms in total. The van der Waals surface area contributed by atoms with E-state index in [0.717, 1.165) is 12.1 Å². The number of carbonyl (C=O) groups excluding carboxylic acids is 1. The lowest BCUT2D eigenvalue weighted by Gasteiger charge is -2.10. The van der Waals surface area contributed by atoms with Crippen LogP contribution >= 0.6 is 0 Å². The standard InChI is InChI=1S/C13H11F2N3O2/c1-7(6-16)17-13(19)11-5-10(18-20-11)12-8(14)3-2-4-9(12)15/h2-4,7,11H,5H2,1H3,(H,17,19)/t7-,11-/m0/s1. The van der Waals surface area contributed by atoms with E-state index in [9.17, 15) is 13.6 Å². The van der Waals surface area contributed by atoms with Gasteiger partial charge in [0, 0.05) is 6.42 Å². The molecule has 0 unspecified atom stereocenters. The summed E-state index contributed by atoms with van der Waals surface area (Å²) in [5.41, 5.74) is -0.263. The predicted octanol–water partition coefficient (Wildman–Crippen LogP) is 1.49. The Morgan fingerprint density at radius 3 is 2.80 bits per heavy atom. The number of hydrogen-bond donors (Lipinski definition) is 1. The van der Waals surface area contributed by atoms with E-state index in [1.807, 2.05) is 6.07 Å². The van der Waals surface area contributed by atoms with Crippen molar-refractivity contribution in [2.45, 2.75) is 25.5 Å². The summed E-state index contributed by atoms with van der Waals surface area (Å²) >= 11 is 0. The number of rotatable bonds is 3. The lowest BCUT2D eigenvalue weighted by molar-refractivity contribution is -0.131. The highest BCUT2D eigenvalue weighted by molar-refractivity contribution is 6.04. The molecule has 1 aromatic rings. The highest BCUT2D eigenvalue weighted by atomic mass is 19.1. The normalized spacial score (nSPS) is 18.7. The maximum absolute atomic E-state index is 13.6. The van der Waals surface area contributed by atoms with Gasteiger partial charge in [0.25, 0.3) is 5.91 Å². The van der Waals surface area contributed by atoms with E-state index < -0.39 is 29.7 Å². The summed E-state index contributed by atoms with van der Waals surface area (Å²) in [6.07, 6.45) is -1.04. The van der Waals surface area contributed by atoms with Crippen LogP contribution in [0.1, 0.15) is 18.9 Å². The molecule has 1 heterocycles. The second-order valence-corrected chi connectivity index (χ2v) is 4.29. The smallest absolute Gasteiger partial charge is 0.265 e. The summed E-state index contributed by atoms with van der Waals surface area (Å²) in [4.78, 5) is 16.6. The Bertz CT molecular complexity index is 590. The van der Waals surface area contributed by atoms with Gasteiger partial charge in [-0.3, -0.25) is 4.79 Å². The molecule has 0 bridgehead atoms. The number of hydrogen-bond acceptors (Lipinski definition) is 4. The van der Waals surface area contributed by atoms with Crippen LogP contribution in [0, 0.1) is 23.0 Å². The van der Waals surface area contributed by atoms with Crippen LogP contribution in [0.15, 0.2) is 23.4 Å². The molecule has 0 saturated heterocycles. The van der Waals surface area contributed by atoms with E-state index in [1.165, 1.54) is 13.0 Å². The molecule has 1 aliphatic rings. The zero-order valence-corrected chi connectivity index (χ0v) is 10.6. The third-order valence-corrected chi connectivity index (χ3v) is 2.77. The summed E-state index contributed by atoms with van der Waals surface area (Å²) in [5.74, 6) is -2.08. The second-order valence-electron chi connectivity index (χ2n) is 4.29. The van der Waals surface area contributed by atoms with Crippen LogP contribution in [-0.4, -0.2) is 23.8 Å². The van der Waals surface area contributed by atoms with E-state index in [2.05, 4.69) is 10.5 Å². The number of nitrogens with one attached hydrogen (secondary N) is 1. The van der Waals surface area contributed by atoms with Crippen LogP contribution in [-0.2, 0) is 9.63 Å². The molecule has 0 radical (unpaired) electrons. The van der Waals surface area contributed by atoms with Gasteiger partial charge < -0.3 is 10.2 Å². The van der Waals surface area contributed by atoms with Crippen LogP contribution < -0.4 is 5.32 Å². The van der Waals surface area contributed by atoms with Gasteiger partial charge in [-0.25, -0.2) is 8.78 Å². The largest absolute Gasteiger partial charge is 0.382 e. The van der Waals surface area contributed by atoms with Gasteiger partial charge in [-0.15, -0.1) is 0 Å². The average Bonchev–Trinajstić information content (AvgIpc) is 2.88. The maximum Gasteiger partial charge on any atom is 0.265 e. The van der Waals surface area contributed by atoms with Crippen molar-refractivity contribution >= 4 is 11.6 Å². The highest BCUT2D eigenvalue weighted by Gasteiger charge is 2.31. The molecule has 0 aliphatic carbocycles. The third kappa shape index (κ3) is 2.74. The highest BCUT2D eigenvalue weighted by Crippen LogP contribution is 2.21. The van der Waals surface area contributed by atoms with Crippen LogP contribution in [0.2, 0.25) is 0 Å². The van der Waals surface area contributed by atoms with E-state index >= 15 is 0 Å². The molecule has 1 aliphatic heterocycles. The first-order valence-corrected chi connectivity index (χ1v) is 5.90. The van der Waals surface area contributed by atoms with E-state index in [1.54, 1.807) is 0 Å². The van der Waals surface area contributed by atoms with Gasteiger partial charge in [0.1, 0.15) is 17.7 Å². The minimum atomic E-state index is -0.986. The summed E-state index contributed by atoms with van der Waals surface area (Å²) in [6, 6.07) is 4.60. The van der Waals surface area contributed by atoms with Crippen molar-refractivity contribution in [3.05, 3.63) is 35.4 Å². The van der Waals surface area contributed by atoms with Crippen LogP contribution in [0.3, 0.4) is 0 Å². The first-order valence-electron chi connectivity index (χ1n) is 5.90. The van der Waals surface area contributed by atoms with Crippen molar-refractivity contribution in [3.63, 3.8) is 0 Å². The molecule has 1 aromatic carbocycles. The molecule has 2 rings (SSSR count). The molecular weight excluding hydrogens is 268 g/mol. The van der Waals surface area contributed by atoms with Crippen molar-refractivity contribution < 1.29 is 18.4 Å². The number of benzene rings is 1. The number of nitriles is 1. The monoisotopic (exact) mass is 279 g/mol. The third-order valence-electron chi connectivity index (χ3n) is 2.77. The Hall–Kier alpha value is -2.49. The quantitative estimate of drug-likeness (QED) is 0.910. The average molecular weight is 279 g/mol.